The second-order valence-electron chi connectivity index (χ2n) is 3.01. The van der Waals surface area contributed by atoms with Crippen molar-refractivity contribution < 1.29 is 4.70 Å². The number of hydrogen-bond donors (Lipinski definition) is 0. The Hall–Kier alpha value is -0.850. The fourth-order valence-corrected chi connectivity index (χ4v) is 1.23. The minimum atomic E-state index is 0. The van der Waals surface area contributed by atoms with Gasteiger partial charge in [0.15, 0.2) is 0 Å². The lowest BCUT2D eigenvalue weighted by Crippen LogP contribution is -1.89. The lowest BCUT2D eigenvalue weighted by molar-refractivity contribution is 0.856. The summed E-state index contributed by atoms with van der Waals surface area (Å²) in [7, 11) is 0. The molecular weight excluding hydrogens is 139 g/mol. The Kier molecular flexibility index (Phi) is 3.80. The van der Waals surface area contributed by atoms with Crippen molar-refractivity contribution in [3.63, 3.8) is 0 Å². The van der Waals surface area contributed by atoms with Crippen LogP contribution >= 0.6 is 0 Å². The van der Waals surface area contributed by atoms with Gasteiger partial charge >= 0.3 is 0 Å². The highest BCUT2D eigenvalue weighted by molar-refractivity contribution is 5.27. The Morgan fingerprint density at radius 1 is 1.09 bits per heavy atom. The topological polar surface area (TPSA) is 0 Å². The van der Waals surface area contributed by atoms with E-state index < -0.39 is 0 Å². The van der Waals surface area contributed by atoms with E-state index in [0.717, 1.165) is 0 Å². The third kappa shape index (κ3) is 2.34. The predicted molar refractivity (Wildman–Crippen MR) is 47.8 cm³/mol. The van der Waals surface area contributed by atoms with Crippen LogP contribution in [-0.2, 0) is 0 Å². The normalized spacial score (nSPS) is 9.45. The molecule has 0 aromatic heterocycles. The minimum absolute atomic E-state index is 0. The largest absolute Gasteiger partial charge is 0.269 e. The van der Waals surface area contributed by atoms with E-state index >= 15 is 0 Å². The van der Waals surface area contributed by atoms with E-state index in [0.29, 0.717) is 5.92 Å². The molecule has 1 heteroatoms. The van der Waals surface area contributed by atoms with Gasteiger partial charge in [0.1, 0.15) is 0 Å². The molecule has 0 atom stereocenters. The first-order valence-corrected chi connectivity index (χ1v) is 3.77. The van der Waals surface area contributed by atoms with Gasteiger partial charge < -0.3 is 0 Å². The molecule has 0 aliphatic heterocycles. The van der Waals surface area contributed by atoms with Crippen molar-refractivity contribution in [2.45, 2.75) is 26.7 Å². The first kappa shape index (κ1) is 10.2. The standard InChI is InChI=1S/C10H14.FH/c1-8(2)10-7-5-4-6-9(10)3;/h4-8H,1-3H3;1H. The summed E-state index contributed by atoms with van der Waals surface area (Å²) in [6, 6.07) is 8.54. The molecule has 1 rings (SSSR count). The SMILES string of the molecule is Cc1ccccc1C(C)C.F. The molecule has 0 aliphatic carbocycles. The fourth-order valence-electron chi connectivity index (χ4n) is 1.23. The molecule has 0 fully saturated rings. The quantitative estimate of drug-likeness (QED) is 0.582. The Morgan fingerprint density at radius 3 is 2.00 bits per heavy atom. The lowest BCUT2D eigenvalue weighted by Gasteiger charge is -2.07. The molecule has 0 N–H and O–H groups in total. The average molecular weight is 154 g/mol. The van der Waals surface area contributed by atoms with Gasteiger partial charge in [-0.2, -0.15) is 0 Å². The average Bonchev–Trinajstić information content (AvgIpc) is 1.88. The van der Waals surface area contributed by atoms with E-state index in [1.54, 1.807) is 0 Å². The maximum atomic E-state index is 2.22. The van der Waals surface area contributed by atoms with Gasteiger partial charge in [0.05, 0.1) is 0 Å². The molecule has 0 amide bonds. The van der Waals surface area contributed by atoms with Gasteiger partial charge in [-0.15, -0.1) is 0 Å². The summed E-state index contributed by atoms with van der Waals surface area (Å²) in [5.41, 5.74) is 2.86. The molecule has 62 valence electrons. The molecule has 0 spiro atoms. The van der Waals surface area contributed by atoms with E-state index in [1.165, 1.54) is 11.1 Å². The summed E-state index contributed by atoms with van der Waals surface area (Å²) in [6.45, 7) is 6.61. The zero-order valence-corrected chi connectivity index (χ0v) is 7.29. The van der Waals surface area contributed by atoms with Crippen molar-refractivity contribution in [3.8, 4) is 0 Å². The highest BCUT2D eigenvalue weighted by Crippen LogP contribution is 2.17. The minimum Gasteiger partial charge on any atom is -0.269 e. The monoisotopic (exact) mass is 154 g/mol. The molecule has 0 nitrogen and oxygen atoms in total. The lowest BCUT2D eigenvalue weighted by atomic mass is 9.99. The van der Waals surface area contributed by atoms with Crippen LogP contribution in [0.15, 0.2) is 24.3 Å². The Morgan fingerprint density at radius 2 is 1.64 bits per heavy atom. The Balaban J connectivity index is 0.000001000. The third-order valence-corrected chi connectivity index (χ3v) is 1.81. The van der Waals surface area contributed by atoms with E-state index in [9.17, 15) is 0 Å². The van der Waals surface area contributed by atoms with Crippen LogP contribution in [0.1, 0.15) is 30.9 Å². The van der Waals surface area contributed by atoms with Gasteiger partial charge in [-0.1, -0.05) is 38.1 Å². The molecule has 1 aromatic carbocycles. The van der Waals surface area contributed by atoms with Crippen molar-refractivity contribution in [2.75, 3.05) is 0 Å². The van der Waals surface area contributed by atoms with Crippen LogP contribution in [0.5, 0.6) is 0 Å². The van der Waals surface area contributed by atoms with Crippen LogP contribution < -0.4 is 0 Å². The highest BCUT2D eigenvalue weighted by atomic mass is 19.0. The molecular formula is C10H15F. The Labute approximate surface area is 67.6 Å². The van der Waals surface area contributed by atoms with E-state index in [2.05, 4.69) is 45.0 Å². The maximum absolute atomic E-state index is 2.22. The van der Waals surface area contributed by atoms with Gasteiger partial charge in [0.2, 0.25) is 0 Å². The molecule has 0 saturated carbocycles. The third-order valence-electron chi connectivity index (χ3n) is 1.81. The fraction of sp³-hybridized carbons (Fsp3) is 0.400. The second kappa shape index (κ2) is 4.12. The predicted octanol–water partition coefficient (Wildman–Crippen LogP) is 3.27. The van der Waals surface area contributed by atoms with Crippen LogP contribution in [0.4, 0.5) is 4.70 Å². The second-order valence-corrected chi connectivity index (χ2v) is 3.01. The van der Waals surface area contributed by atoms with Crippen molar-refractivity contribution in [1.82, 2.24) is 0 Å². The molecule has 0 radical (unpaired) electrons. The highest BCUT2D eigenvalue weighted by Gasteiger charge is 1.99. The molecule has 0 saturated heterocycles. The van der Waals surface area contributed by atoms with Crippen molar-refractivity contribution in [3.05, 3.63) is 35.4 Å². The summed E-state index contributed by atoms with van der Waals surface area (Å²) in [5.74, 6) is 0.654. The molecule has 1 aromatic rings. The van der Waals surface area contributed by atoms with E-state index in [-0.39, 0.29) is 4.70 Å². The van der Waals surface area contributed by atoms with Crippen LogP contribution in [-0.4, -0.2) is 0 Å². The number of benzene rings is 1. The van der Waals surface area contributed by atoms with Crippen LogP contribution in [0.3, 0.4) is 0 Å². The zero-order chi connectivity index (χ0) is 7.56. The van der Waals surface area contributed by atoms with Gasteiger partial charge in [0, 0.05) is 0 Å². The molecule has 0 heterocycles. The Bertz CT molecular complexity index is 216. The van der Waals surface area contributed by atoms with Crippen LogP contribution in [0.2, 0.25) is 0 Å². The van der Waals surface area contributed by atoms with Gasteiger partial charge in [-0.05, 0) is 24.0 Å². The number of halogens is 1. The molecule has 0 bridgehead atoms. The number of hydrogen-bond acceptors (Lipinski definition) is 0. The van der Waals surface area contributed by atoms with Crippen LogP contribution in [0.25, 0.3) is 0 Å². The van der Waals surface area contributed by atoms with Gasteiger partial charge in [-0.25, -0.2) is 0 Å². The summed E-state index contributed by atoms with van der Waals surface area (Å²) in [5, 5.41) is 0. The van der Waals surface area contributed by atoms with Crippen LogP contribution in [0, 0.1) is 6.92 Å². The van der Waals surface area contributed by atoms with E-state index in [1.807, 2.05) is 0 Å². The summed E-state index contributed by atoms with van der Waals surface area (Å²) >= 11 is 0. The molecule has 0 aliphatic rings. The van der Waals surface area contributed by atoms with Crippen molar-refractivity contribution >= 4 is 0 Å². The number of aryl methyl sites for hydroxylation is 1. The molecule has 11 heavy (non-hydrogen) atoms. The number of rotatable bonds is 1. The first-order chi connectivity index (χ1) is 4.72. The van der Waals surface area contributed by atoms with Crippen molar-refractivity contribution in [1.29, 1.82) is 0 Å². The summed E-state index contributed by atoms with van der Waals surface area (Å²) in [4.78, 5) is 0. The van der Waals surface area contributed by atoms with Gasteiger partial charge in [-0.3, -0.25) is 4.70 Å². The smallest absolute Gasteiger partial charge is 0.0216 e. The maximum Gasteiger partial charge on any atom is -0.0216 e. The molecule has 0 unspecified atom stereocenters. The first-order valence-electron chi connectivity index (χ1n) is 3.77. The van der Waals surface area contributed by atoms with E-state index in [4.69, 9.17) is 0 Å². The van der Waals surface area contributed by atoms with Gasteiger partial charge in [0.25, 0.3) is 0 Å². The summed E-state index contributed by atoms with van der Waals surface area (Å²) in [6.07, 6.45) is 0. The summed E-state index contributed by atoms with van der Waals surface area (Å²) < 4.78 is 0. The van der Waals surface area contributed by atoms with Crippen molar-refractivity contribution in [2.24, 2.45) is 0 Å². The zero-order valence-electron chi connectivity index (χ0n) is 7.29.